The molecule has 1 saturated carbocycles. The van der Waals surface area contributed by atoms with E-state index in [0.29, 0.717) is 11.4 Å². The summed E-state index contributed by atoms with van der Waals surface area (Å²) >= 11 is 0. The van der Waals surface area contributed by atoms with Crippen molar-refractivity contribution in [2.75, 3.05) is 17.6 Å². The minimum Gasteiger partial charge on any atom is -0.399 e. The molecule has 0 saturated heterocycles. The number of nitrogen functional groups attached to an aromatic ring is 1. The monoisotopic (exact) mass is 194 g/mol. The van der Waals surface area contributed by atoms with Crippen LogP contribution in [-0.4, -0.2) is 6.54 Å². The van der Waals surface area contributed by atoms with Crippen molar-refractivity contribution in [3.63, 3.8) is 0 Å². The molecule has 0 aromatic heterocycles. The first-order valence-corrected chi connectivity index (χ1v) is 5.04. The van der Waals surface area contributed by atoms with Gasteiger partial charge >= 0.3 is 0 Å². The fourth-order valence-corrected chi connectivity index (χ4v) is 1.63. The molecule has 0 unspecified atom stereocenters. The first kappa shape index (κ1) is 9.31. The zero-order valence-electron chi connectivity index (χ0n) is 8.09. The molecule has 2 nitrogen and oxygen atoms in total. The van der Waals surface area contributed by atoms with Crippen LogP contribution in [0.2, 0.25) is 0 Å². The Hall–Kier alpha value is -1.25. The largest absolute Gasteiger partial charge is 0.399 e. The molecule has 1 fully saturated rings. The molecular weight excluding hydrogens is 179 g/mol. The standard InChI is InChI=1S/C11H15FN2/c12-10-6-9(13)4-5-11(10)14-7-8-2-1-3-8/h4-6,8,14H,1-3,7,13H2. The predicted octanol–water partition coefficient (Wildman–Crippen LogP) is 2.62. The molecule has 0 bridgehead atoms. The second kappa shape index (κ2) is 3.86. The van der Waals surface area contributed by atoms with Gasteiger partial charge in [0, 0.05) is 12.2 Å². The zero-order chi connectivity index (χ0) is 9.97. The summed E-state index contributed by atoms with van der Waals surface area (Å²) in [6.07, 6.45) is 3.85. The van der Waals surface area contributed by atoms with Crippen LogP contribution in [0.4, 0.5) is 15.8 Å². The minimum atomic E-state index is -0.260. The number of nitrogens with two attached hydrogens (primary N) is 1. The third kappa shape index (κ3) is 1.97. The zero-order valence-corrected chi connectivity index (χ0v) is 8.09. The van der Waals surface area contributed by atoms with E-state index < -0.39 is 0 Å². The molecule has 3 N–H and O–H groups in total. The van der Waals surface area contributed by atoms with Gasteiger partial charge in [-0.05, 0) is 37.0 Å². The van der Waals surface area contributed by atoms with E-state index in [2.05, 4.69) is 5.32 Å². The Balaban J connectivity index is 1.94. The Morgan fingerprint density at radius 1 is 1.43 bits per heavy atom. The summed E-state index contributed by atoms with van der Waals surface area (Å²) in [4.78, 5) is 0. The molecule has 1 aliphatic carbocycles. The van der Waals surface area contributed by atoms with Crippen LogP contribution in [0.25, 0.3) is 0 Å². The van der Waals surface area contributed by atoms with Gasteiger partial charge in [0.1, 0.15) is 5.82 Å². The number of nitrogens with one attached hydrogen (secondary N) is 1. The molecule has 2 rings (SSSR count). The van der Waals surface area contributed by atoms with Gasteiger partial charge in [-0.3, -0.25) is 0 Å². The Bertz CT molecular complexity index is 321. The van der Waals surface area contributed by atoms with Crippen molar-refractivity contribution >= 4 is 11.4 Å². The number of halogens is 1. The van der Waals surface area contributed by atoms with Gasteiger partial charge < -0.3 is 11.1 Å². The van der Waals surface area contributed by atoms with Gasteiger partial charge in [0.05, 0.1) is 5.69 Å². The van der Waals surface area contributed by atoms with E-state index in [1.54, 1.807) is 12.1 Å². The van der Waals surface area contributed by atoms with Gasteiger partial charge in [-0.2, -0.15) is 0 Å². The molecule has 76 valence electrons. The SMILES string of the molecule is Nc1ccc(NCC2CCC2)c(F)c1. The second-order valence-corrected chi connectivity index (χ2v) is 3.92. The number of anilines is 2. The fraction of sp³-hybridized carbons (Fsp3) is 0.455. The van der Waals surface area contributed by atoms with E-state index in [4.69, 9.17) is 5.73 Å². The number of benzene rings is 1. The molecular formula is C11H15FN2. The maximum Gasteiger partial charge on any atom is 0.148 e. The third-order valence-electron chi connectivity index (χ3n) is 2.80. The van der Waals surface area contributed by atoms with Crippen LogP contribution in [0.5, 0.6) is 0 Å². The molecule has 3 heteroatoms. The molecule has 14 heavy (non-hydrogen) atoms. The van der Waals surface area contributed by atoms with Crippen LogP contribution in [-0.2, 0) is 0 Å². The number of hydrogen-bond donors (Lipinski definition) is 2. The molecule has 1 aromatic rings. The van der Waals surface area contributed by atoms with Crippen LogP contribution < -0.4 is 11.1 Å². The van der Waals surface area contributed by atoms with E-state index in [-0.39, 0.29) is 5.82 Å². The van der Waals surface area contributed by atoms with Gasteiger partial charge in [0.25, 0.3) is 0 Å². The summed E-state index contributed by atoms with van der Waals surface area (Å²) in [6, 6.07) is 4.76. The summed E-state index contributed by atoms with van der Waals surface area (Å²) < 4.78 is 13.3. The van der Waals surface area contributed by atoms with Crippen molar-refractivity contribution in [3.8, 4) is 0 Å². The van der Waals surface area contributed by atoms with E-state index in [1.165, 1.54) is 25.3 Å². The maximum absolute atomic E-state index is 13.3. The first-order chi connectivity index (χ1) is 6.75. The van der Waals surface area contributed by atoms with Crippen molar-refractivity contribution in [1.82, 2.24) is 0 Å². The quantitative estimate of drug-likeness (QED) is 0.726. The van der Waals surface area contributed by atoms with Crippen LogP contribution in [0.1, 0.15) is 19.3 Å². The lowest BCUT2D eigenvalue weighted by Crippen LogP contribution is -2.21. The highest BCUT2D eigenvalue weighted by molar-refractivity contribution is 5.52. The molecule has 1 aliphatic rings. The predicted molar refractivity (Wildman–Crippen MR) is 56.6 cm³/mol. The maximum atomic E-state index is 13.3. The molecule has 0 spiro atoms. The molecule has 0 heterocycles. The van der Waals surface area contributed by atoms with Gasteiger partial charge in [0.2, 0.25) is 0 Å². The van der Waals surface area contributed by atoms with E-state index >= 15 is 0 Å². The van der Waals surface area contributed by atoms with Gasteiger partial charge in [-0.1, -0.05) is 6.42 Å². The molecule has 0 radical (unpaired) electrons. The summed E-state index contributed by atoms with van der Waals surface area (Å²) in [6.45, 7) is 0.876. The summed E-state index contributed by atoms with van der Waals surface area (Å²) in [5.41, 5.74) is 6.48. The Morgan fingerprint density at radius 3 is 2.79 bits per heavy atom. The van der Waals surface area contributed by atoms with Gasteiger partial charge in [0.15, 0.2) is 0 Å². The van der Waals surface area contributed by atoms with E-state index in [9.17, 15) is 4.39 Å². The van der Waals surface area contributed by atoms with Crippen molar-refractivity contribution in [1.29, 1.82) is 0 Å². The Labute approximate surface area is 83.3 Å². The topological polar surface area (TPSA) is 38.0 Å². The van der Waals surface area contributed by atoms with Crippen molar-refractivity contribution in [2.24, 2.45) is 5.92 Å². The average Bonchev–Trinajstić information content (AvgIpc) is 2.05. The lowest BCUT2D eigenvalue weighted by molar-refractivity contribution is 0.333. The van der Waals surface area contributed by atoms with Crippen molar-refractivity contribution in [3.05, 3.63) is 24.0 Å². The minimum absolute atomic E-state index is 0.260. The Morgan fingerprint density at radius 2 is 2.21 bits per heavy atom. The second-order valence-electron chi connectivity index (χ2n) is 3.92. The summed E-state index contributed by atoms with van der Waals surface area (Å²) in [5.74, 6) is 0.469. The number of hydrogen-bond acceptors (Lipinski definition) is 2. The highest BCUT2D eigenvalue weighted by Crippen LogP contribution is 2.27. The van der Waals surface area contributed by atoms with Crippen LogP contribution in [0, 0.1) is 11.7 Å². The van der Waals surface area contributed by atoms with E-state index in [0.717, 1.165) is 12.5 Å². The smallest absolute Gasteiger partial charge is 0.148 e. The Kier molecular flexibility index (Phi) is 2.57. The van der Waals surface area contributed by atoms with Gasteiger partial charge in [-0.15, -0.1) is 0 Å². The summed E-state index contributed by atoms with van der Waals surface area (Å²) in [7, 11) is 0. The molecule has 0 aliphatic heterocycles. The molecule has 0 atom stereocenters. The average molecular weight is 194 g/mol. The van der Waals surface area contributed by atoms with Crippen molar-refractivity contribution < 1.29 is 4.39 Å². The lowest BCUT2D eigenvalue weighted by atomic mass is 9.85. The molecule has 0 amide bonds. The highest BCUT2D eigenvalue weighted by Gasteiger charge is 2.17. The van der Waals surface area contributed by atoms with Crippen LogP contribution in [0.15, 0.2) is 18.2 Å². The van der Waals surface area contributed by atoms with Crippen LogP contribution in [0.3, 0.4) is 0 Å². The number of rotatable bonds is 3. The van der Waals surface area contributed by atoms with Crippen LogP contribution >= 0.6 is 0 Å². The summed E-state index contributed by atoms with van der Waals surface area (Å²) in [5, 5.41) is 3.11. The fourth-order valence-electron chi connectivity index (χ4n) is 1.63. The van der Waals surface area contributed by atoms with Gasteiger partial charge in [-0.25, -0.2) is 4.39 Å². The lowest BCUT2D eigenvalue weighted by Gasteiger charge is -2.25. The van der Waals surface area contributed by atoms with E-state index in [1.807, 2.05) is 0 Å². The van der Waals surface area contributed by atoms with Crippen molar-refractivity contribution in [2.45, 2.75) is 19.3 Å². The first-order valence-electron chi connectivity index (χ1n) is 5.04. The highest BCUT2D eigenvalue weighted by atomic mass is 19.1. The molecule has 1 aromatic carbocycles. The normalized spacial score (nSPS) is 16.4. The third-order valence-corrected chi connectivity index (χ3v) is 2.80.